The summed E-state index contributed by atoms with van der Waals surface area (Å²) in [6, 6.07) is 1.65. The minimum Gasteiger partial charge on any atom is -0.287 e. The summed E-state index contributed by atoms with van der Waals surface area (Å²) in [7, 11) is 0. The highest BCUT2D eigenvalue weighted by atomic mass is 32.1. The third-order valence-electron chi connectivity index (χ3n) is 1.34. The van der Waals surface area contributed by atoms with Gasteiger partial charge in [-0.25, -0.2) is 0 Å². The molecule has 4 heteroatoms. The maximum Gasteiger partial charge on any atom is 0.269 e. The van der Waals surface area contributed by atoms with Crippen LogP contribution in [0.1, 0.15) is 20.0 Å². The number of hydrogen-bond acceptors (Lipinski definition) is 3. The van der Waals surface area contributed by atoms with E-state index in [9.17, 15) is 9.59 Å². The molecule has 1 aromatic rings. The van der Waals surface area contributed by atoms with Gasteiger partial charge >= 0.3 is 0 Å². The maximum atomic E-state index is 10.8. The van der Waals surface area contributed by atoms with Crippen LogP contribution in [0, 0.1) is 0 Å². The molecule has 10 heavy (non-hydrogen) atoms. The topological polar surface area (TPSA) is 46.2 Å². The van der Waals surface area contributed by atoms with E-state index in [-0.39, 0.29) is 11.8 Å². The second-order valence-corrected chi connectivity index (χ2v) is 2.86. The van der Waals surface area contributed by atoms with Crippen molar-refractivity contribution in [2.24, 2.45) is 0 Å². The highest BCUT2D eigenvalue weighted by molar-refractivity contribution is 7.12. The number of nitrogens with one attached hydrogen (secondary N) is 1. The number of carbonyl (C=O) groups is 2. The Morgan fingerprint density at radius 2 is 2.10 bits per heavy atom. The van der Waals surface area contributed by atoms with E-state index < -0.39 is 0 Å². The lowest BCUT2D eigenvalue weighted by Crippen LogP contribution is -2.19. The third kappa shape index (κ3) is 0.537. The quantitative estimate of drug-likeness (QED) is 0.556. The fraction of sp³-hybridized carbons (Fsp3) is 0. The SMILES string of the molecule is O=C1NC(=O)c2sccc21. The van der Waals surface area contributed by atoms with Crippen molar-refractivity contribution in [1.29, 1.82) is 0 Å². The first kappa shape index (κ1) is 5.61. The van der Waals surface area contributed by atoms with Gasteiger partial charge in [-0.05, 0) is 11.4 Å². The van der Waals surface area contributed by atoms with Crippen LogP contribution in [-0.2, 0) is 0 Å². The Bertz CT molecular complexity index is 287. The number of amides is 2. The van der Waals surface area contributed by atoms with Crippen molar-refractivity contribution in [2.45, 2.75) is 0 Å². The van der Waals surface area contributed by atoms with Crippen LogP contribution in [-0.4, -0.2) is 11.8 Å². The van der Waals surface area contributed by atoms with E-state index in [1.807, 2.05) is 0 Å². The van der Waals surface area contributed by atoms with Gasteiger partial charge in [0.15, 0.2) is 0 Å². The molecular weight excluding hydrogens is 150 g/mol. The average molecular weight is 153 g/mol. The molecule has 50 valence electrons. The van der Waals surface area contributed by atoms with Crippen molar-refractivity contribution >= 4 is 23.2 Å². The second-order valence-electron chi connectivity index (χ2n) is 1.95. The Kier molecular flexibility index (Phi) is 0.935. The number of fused-ring (bicyclic) bond motifs is 1. The number of rotatable bonds is 0. The number of carbonyl (C=O) groups excluding carboxylic acids is 2. The van der Waals surface area contributed by atoms with Crippen LogP contribution < -0.4 is 5.32 Å². The molecule has 0 atom stereocenters. The summed E-state index contributed by atoms with van der Waals surface area (Å²) in [6.07, 6.45) is 0. The fourth-order valence-corrected chi connectivity index (χ4v) is 1.68. The van der Waals surface area contributed by atoms with Crippen molar-refractivity contribution in [3.63, 3.8) is 0 Å². The molecule has 3 nitrogen and oxygen atoms in total. The smallest absolute Gasteiger partial charge is 0.269 e. The van der Waals surface area contributed by atoms with Crippen molar-refractivity contribution < 1.29 is 9.59 Å². The average Bonchev–Trinajstić information content (AvgIpc) is 2.39. The molecule has 0 radical (unpaired) electrons. The van der Waals surface area contributed by atoms with Crippen LogP contribution >= 0.6 is 11.3 Å². The molecule has 0 aromatic carbocycles. The third-order valence-corrected chi connectivity index (χ3v) is 2.26. The van der Waals surface area contributed by atoms with Crippen LogP contribution in [0.3, 0.4) is 0 Å². The Hall–Kier alpha value is -1.16. The molecule has 0 unspecified atom stereocenters. The lowest BCUT2D eigenvalue weighted by molar-refractivity contribution is 0.0880. The van der Waals surface area contributed by atoms with Gasteiger partial charge in [0.2, 0.25) is 0 Å². The molecule has 0 saturated carbocycles. The Labute approximate surface area is 60.7 Å². The van der Waals surface area contributed by atoms with Gasteiger partial charge in [0, 0.05) is 0 Å². The van der Waals surface area contributed by atoms with Crippen molar-refractivity contribution in [3.05, 3.63) is 21.9 Å². The largest absolute Gasteiger partial charge is 0.287 e. The Balaban J connectivity index is 2.69. The molecule has 0 fully saturated rings. The van der Waals surface area contributed by atoms with Crippen LogP contribution in [0.25, 0.3) is 0 Å². The molecule has 0 spiro atoms. The normalized spacial score (nSPS) is 15.2. The van der Waals surface area contributed by atoms with Gasteiger partial charge in [0.1, 0.15) is 4.88 Å². The van der Waals surface area contributed by atoms with Crippen LogP contribution in [0.2, 0.25) is 0 Å². The molecule has 0 bridgehead atoms. The minimum atomic E-state index is -0.277. The predicted octanol–water partition coefficient (Wildman–Crippen LogP) is 0.632. The Morgan fingerprint density at radius 1 is 1.30 bits per heavy atom. The summed E-state index contributed by atoms with van der Waals surface area (Å²) < 4.78 is 0. The van der Waals surface area contributed by atoms with Gasteiger partial charge < -0.3 is 0 Å². The van der Waals surface area contributed by atoms with E-state index in [0.29, 0.717) is 10.4 Å². The summed E-state index contributed by atoms with van der Waals surface area (Å²) in [6.45, 7) is 0. The summed E-state index contributed by atoms with van der Waals surface area (Å²) in [5, 5.41) is 3.93. The highest BCUT2D eigenvalue weighted by Gasteiger charge is 2.27. The van der Waals surface area contributed by atoms with Crippen molar-refractivity contribution in [1.82, 2.24) is 5.32 Å². The van der Waals surface area contributed by atoms with Crippen LogP contribution in [0.15, 0.2) is 11.4 Å². The zero-order valence-corrected chi connectivity index (χ0v) is 5.70. The maximum absolute atomic E-state index is 10.8. The summed E-state index contributed by atoms with van der Waals surface area (Å²) >= 11 is 1.29. The Morgan fingerprint density at radius 3 is 2.80 bits per heavy atom. The number of hydrogen-bond donors (Lipinski definition) is 1. The fourth-order valence-electron chi connectivity index (χ4n) is 0.891. The van der Waals surface area contributed by atoms with E-state index >= 15 is 0 Å². The molecule has 1 N–H and O–H groups in total. The van der Waals surface area contributed by atoms with E-state index in [2.05, 4.69) is 5.32 Å². The first-order valence-corrected chi connectivity index (χ1v) is 3.60. The minimum absolute atomic E-state index is 0.269. The van der Waals surface area contributed by atoms with E-state index in [4.69, 9.17) is 0 Å². The van der Waals surface area contributed by atoms with Crippen LogP contribution in [0.4, 0.5) is 0 Å². The lowest BCUT2D eigenvalue weighted by Gasteiger charge is -1.83. The lowest BCUT2D eigenvalue weighted by atomic mass is 10.3. The molecule has 1 aromatic heterocycles. The molecular formula is C6H3NO2S. The van der Waals surface area contributed by atoms with Gasteiger partial charge in [-0.15, -0.1) is 11.3 Å². The molecule has 2 rings (SSSR count). The zero-order chi connectivity index (χ0) is 7.14. The molecule has 0 aliphatic carbocycles. The van der Waals surface area contributed by atoms with Gasteiger partial charge in [0.25, 0.3) is 11.8 Å². The molecule has 0 saturated heterocycles. The number of imide groups is 1. The molecule has 2 amide bonds. The van der Waals surface area contributed by atoms with E-state index in [1.54, 1.807) is 11.4 Å². The number of thiophene rings is 1. The van der Waals surface area contributed by atoms with E-state index in [1.165, 1.54) is 11.3 Å². The highest BCUT2D eigenvalue weighted by Crippen LogP contribution is 2.20. The molecule has 1 aliphatic rings. The first-order chi connectivity index (χ1) is 4.79. The van der Waals surface area contributed by atoms with Crippen molar-refractivity contribution in [2.75, 3.05) is 0 Å². The molecule has 1 aliphatic heterocycles. The van der Waals surface area contributed by atoms with Gasteiger partial charge in [0.05, 0.1) is 5.56 Å². The summed E-state index contributed by atoms with van der Waals surface area (Å²) in [4.78, 5) is 22.2. The first-order valence-electron chi connectivity index (χ1n) is 2.72. The van der Waals surface area contributed by atoms with Crippen LogP contribution in [0.5, 0.6) is 0 Å². The predicted molar refractivity (Wildman–Crippen MR) is 36.1 cm³/mol. The summed E-state index contributed by atoms with van der Waals surface area (Å²) in [5.41, 5.74) is 0.509. The van der Waals surface area contributed by atoms with E-state index in [0.717, 1.165) is 0 Å². The van der Waals surface area contributed by atoms with Crippen molar-refractivity contribution in [3.8, 4) is 0 Å². The van der Waals surface area contributed by atoms with Gasteiger partial charge in [-0.1, -0.05) is 0 Å². The second kappa shape index (κ2) is 1.67. The molecule has 2 heterocycles. The summed E-state index contributed by atoms with van der Waals surface area (Å²) in [5.74, 6) is -0.545. The standard InChI is InChI=1S/C6H3NO2S/c8-5-3-1-2-10-4(3)6(9)7-5/h1-2H,(H,7,8,9). The van der Waals surface area contributed by atoms with Gasteiger partial charge in [-0.2, -0.15) is 0 Å². The monoisotopic (exact) mass is 153 g/mol. The van der Waals surface area contributed by atoms with Gasteiger partial charge in [-0.3, -0.25) is 14.9 Å². The zero-order valence-electron chi connectivity index (χ0n) is 4.88.